The third-order valence-electron chi connectivity index (χ3n) is 8.69. The molecular weight excluding hydrogens is 657 g/mol. The number of pyridine rings is 1. The molecule has 0 saturated carbocycles. The Hall–Kier alpha value is -7.04. The lowest BCUT2D eigenvalue weighted by atomic mass is 9.90. The predicted octanol–water partition coefficient (Wildman–Crippen LogP) is 11.1. The zero-order valence-electron chi connectivity index (χ0n) is 26.0. The Labute approximate surface area is 286 Å². The van der Waals surface area contributed by atoms with E-state index in [2.05, 4.69) is 10.9 Å². The Balaban J connectivity index is 1.62. The molecule has 51 heavy (non-hydrogen) atoms. The van der Waals surface area contributed by atoms with Gasteiger partial charge >= 0.3 is 0 Å². The number of nitriles is 1. The molecular formula is C41H18F5N5. The van der Waals surface area contributed by atoms with Crippen LogP contribution >= 0.6 is 0 Å². The molecule has 10 heteroatoms. The summed E-state index contributed by atoms with van der Waals surface area (Å²) in [5.41, 5.74) is 2.85. The van der Waals surface area contributed by atoms with Gasteiger partial charge in [0, 0.05) is 27.3 Å². The molecule has 0 aliphatic rings. The van der Waals surface area contributed by atoms with E-state index in [1.54, 1.807) is 103 Å². The molecule has 0 amide bonds. The summed E-state index contributed by atoms with van der Waals surface area (Å²) in [6.45, 7) is 7.38. The van der Waals surface area contributed by atoms with Crippen LogP contribution in [0.25, 0.3) is 82.5 Å². The highest BCUT2D eigenvalue weighted by Gasteiger charge is 2.30. The van der Waals surface area contributed by atoms with Crippen molar-refractivity contribution in [3.8, 4) is 51.0 Å². The average Bonchev–Trinajstić information content (AvgIpc) is 3.18. The number of rotatable bonds is 4. The number of aromatic nitrogens is 3. The smallest absolute Gasteiger partial charge is 0.200 e. The number of halogens is 5. The third kappa shape index (κ3) is 5.01. The molecule has 6 aromatic carbocycles. The van der Waals surface area contributed by atoms with Crippen LogP contribution in [0.4, 0.5) is 27.6 Å². The van der Waals surface area contributed by atoms with E-state index in [1.807, 2.05) is 0 Å². The summed E-state index contributed by atoms with van der Waals surface area (Å²) >= 11 is 0. The molecule has 0 bridgehead atoms. The van der Waals surface area contributed by atoms with E-state index in [1.165, 1.54) is 6.07 Å². The van der Waals surface area contributed by atoms with Crippen LogP contribution in [0.15, 0.2) is 109 Å². The maximum absolute atomic E-state index is 15.8. The number of hydrogen-bond donors (Lipinski definition) is 0. The molecule has 5 nitrogen and oxygen atoms in total. The predicted molar refractivity (Wildman–Crippen MR) is 185 cm³/mol. The van der Waals surface area contributed by atoms with Gasteiger partial charge in [0.25, 0.3) is 0 Å². The standard InChI is InChI=1S/C41H18F5N5/c1-48-25-17-15-24(16-18-25)39-40(23-13-11-21(20-47)12-14-23)51-41-29(50-39)19-27(31-33(42)35(44)37(46)36(45)34(31)43)30-26-9-5-6-10-28(26)49-38(32(30)41)22-7-3-2-4-8-22/h2-19H. The van der Waals surface area contributed by atoms with Gasteiger partial charge in [0.05, 0.1) is 57.4 Å². The Kier molecular flexibility index (Phi) is 7.43. The number of fused-ring (bicyclic) bond motifs is 5. The van der Waals surface area contributed by atoms with Crippen LogP contribution in [0.3, 0.4) is 0 Å². The van der Waals surface area contributed by atoms with Gasteiger partial charge in [-0.25, -0.2) is 41.7 Å². The van der Waals surface area contributed by atoms with Crippen molar-refractivity contribution in [3.05, 3.63) is 155 Å². The van der Waals surface area contributed by atoms with Gasteiger partial charge in [-0.3, -0.25) is 0 Å². The molecule has 8 rings (SSSR count). The number of para-hydroxylation sites is 1. The van der Waals surface area contributed by atoms with Crippen molar-refractivity contribution in [1.82, 2.24) is 15.0 Å². The van der Waals surface area contributed by atoms with Crippen LogP contribution in [0.2, 0.25) is 0 Å². The number of hydrogen-bond acceptors (Lipinski definition) is 4. The van der Waals surface area contributed by atoms with Crippen LogP contribution in [-0.4, -0.2) is 15.0 Å². The van der Waals surface area contributed by atoms with Crippen LogP contribution < -0.4 is 0 Å². The van der Waals surface area contributed by atoms with E-state index >= 15 is 8.78 Å². The van der Waals surface area contributed by atoms with Crippen molar-refractivity contribution < 1.29 is 22.0 Å². The first kappa shape index (κ1) is 31.2. The first-order chi connectivity index (χ1) is 24.8. The Morgan fingerprint density at radius 2 is 1.10 bits per heavy atom. The minimum absolute atomic E-state index is 0.0809. The van der Waals surface area contributed by atoms with Gasteiger partial charge in [0.2, 0.25) is 5.82 Å². The van der Waals surface area contributed by atoms with Gasteiger partial charge in [-0.2, -0.15) is 5.26 Å². The molecule has 0 radical (unpaired) electrons. The fourth-order valence-electron chi connectivity index (χ4n) is 6.31. The van der Waals surface area contributed by atoms with Crippen LogP contribution in [0, 0.1) is 47.0 Å². The SMILES string of the molecule is [C-]#[N+]c1ccc(-c2nc3cc(-c4c(F)c(F)c(F)c(F)c4F)c4c5ccccc5nc(-c5ccccc5)c4c3nc2-c2ccc(C#N)cc2)cc1. The molecule has 0 saturated heterocycles. The highest BCUT2D eigenvalue weighted by Crippen LogP contribution is 2.45. The summed E-state index contributed by atoms with van der Waals surface area (Å²) in [6.07, 6.45) is 0. The van der Waals surface area contributed by atoms with Gasteiger partial charge in [0.1, 0.15) is 0 Å². The maximum Gasteiger partial charge on any atom is 0.200 e. The van der Waals surface area contributed by atoms with E-state index in [4.69, 9.17) is 21.5 Å². The second kappa shape index (κ2) is 12.1. The quantitative estimate of drug-likeness (QED) is 0.0612. The Morgan fingerprint density at radius 1 is 0.549 bits per heavy atom. The van der Waals surface area contributed by atoms with Crippen LogP contribution in [-0.2, 0) is 0 Å². The van der Waals surface area contributed by atoms with Gasteiger partial charge < -0.3 is 0 Å². The normalized spacial score (nSPS) is 11.2. The summed E-state index contributed by atoms with van der Waals surface area (Å²) in [5.74, 6) is -10.4. The van der Waals surface area contributed by atoms with E-state index in [-0.39, 0.29) is 27.4 Å². The highest BCUT2D eigenvalue weighted by molar-refractivity contribution is 6.25. The number of nitrogens with zero attached hydrogens (tertiary/aromatic N) is 5. The second-order valence-corrected chi connectivity index (χ2v) is 11.6. The zero-order chi connectivity index (χ0) is 35.4. The lowest BCUT2D eigenvalue weighted by Crippen LogP contribution is -2.05. The summed E-state index contributed by atoms with van der Waals surface area (Å²) in [7, 11) is 0. The summed E-state index contributed by atoms with van der Waals surface area (Å²) < 4.78 is 75.7. The van der Waals surface area contributed by atoms with Gasteiger partial charge in [-0.1, -0.05) is 84.9 Å². The molecule has 0 aliphatic carbocycles. The third-order valence-corrected chi connectivity index (χ3v) is 8.69. The molecule has 0 aliphatic heterocycles. The molecule has 0 atom stereocenters. The Bertz CT molecular complexity index is 2780. The molecule has 0 spiro atoms. The van der Waals surface area contributed by atoms with Crippen LogP contribution in [0.1, 0.15) is 5.56 Å². The van der Waals surface area contributed by atoms with Crippen molar-refractivity contribution in [2.45, 2.75) is 0 Å². The highest BCUT2D eigenvalue weighted by atomic mass is 19.2. The van der Waals surface area contributed by atoms with Crippen molar-refractivity contribution in [2.75, 3.05) is 0 Å². The van der Waals surface area contributed by atoms with E-state index in [0.29, 0.717) is 55.9 Å². The van der Waals surface area contributed by atoms with E-state index < -0.39 is 34.6 Å². The first-order valence-electron chi connectivity index (χ1n) is 15.4. The largest absolute Gasteiger partial charge is 0.247 e. The van der Waals surface area contributed by atoms with Crippen molar-refractivity contribution in [2.24, 2.45) is 0 Å². The van der Waals surface area contributed by atoms with Crippen molar-refractivity contribution in [3.63, 3.8) is 0 Å². The van der Waals surface area contributed by atoms with E-state index in [0.717, 1.165) is 0 Å². The topological polar surface area (TPSA) is 66.8 Å². The monoisotopic (exact) mass is 675 g/mol. The van der Waals surface area contributed by atoms with Crippen molar-refractivity contribution >= 4 is 38.4 Å². The minimum atomic E-state index is -2.27. The van der Waals surface area contributed by atoms with Gasteiger partial charge in [0.15, 0.2) is 29.0 Å². The fourth-order valence-corrected chi connectivity index (χ4v) is 6.31. The number of benzene rings is 6. The molecule has 8 aromatic rings. The summed E-state index contributed by atoms with van der Waals surface area (Å²) in [4.78, 5) is 18.5. The average molecular weight is 676 g/mol. The van der Waals surface area contributed by atoms with Gasteiger partial charge in [-0.05, 0) is 35.4 Å². The fraction of sp³-hybridized carbons (Fsp3) is 0. The summed E-state index contributed by atoms with van der Waals surface area (Å²) in [5, 5.41) is 10.3. The molecule has 0 fully saturated rings. The molecule has 242 valence electrons. The lowest BCUT2D eigenvalue weighted by Gasteiger charge is -2.19. The van der Waals surface area contributed by atoms with Crippen molar-refractivity contribution in [1.29, 1.82) is 5.26 Å². The van der Waals surface area contributed by atoms with E-state index in [9.17, 15) is 18.4 Å². The first-order valence-corrected chi connectivity index (χ1v) is 15.4. The second-order valence-electron chi connectivity index (χ2n) is 11.6. The molecule has 2 heterocycles. The molecule has 2 aromatic heterocycles. The van der Waals surface area contributed by atoms with Crippen LogP contribution in [0.5, 0.6) is 0 Å². The minimum Gasteiger partial charge on any atom is -0.247 e. The van der Waals surface area contributed by atoms with Gasteiger partial charge in [-0.15, -0.1) is 0 Å². The Morgan fingerprint density at radius 3 is 1.75 bits per heavy atom. The lowest BCUT2D eigenvalue weighted by molar-refractivity contribution is 0.381. The molecule has 0 N–H and O–H groups in total. The zero-order valence-corrected chi connectivity index (χ0v) is 26.0. The maximum atomic E-state index is 15.8. The summed E-state index contributed by atoms with van der Waals surface area (Å²) in [6, 6.07) is 32.3. The molecule has 0 unspecified atom stereocenters.